The summed E-state index contributed by atoms with van der Waals surface area (Å²) in [5.74, 6) is 0. The van der Waals surface area contributed by atoms with E-state index in [1.54, 1.807) is 4.90 Å². The van der Waals surface area contributed by atoms with E-state index in [2.05, 4.69) is 5.32 Å². The molecule has 0 aromatic heterocycles. The molecule has 0 saturated carbocycles. The molecule has 0 aromatic carbocycles. The fraction of sp³-hybridized carbons (Fsp3) is 0.933. The normalized spacial score (nSPS) is 20.2. The molecule has 1 amide bonds. The second kappa shape index (κ2) is 7.42. The predicted molar refractivity (Wildman–Crippen MR) is 83.1 cm³/mol. The molecular formula is C15H31N3O3. The minimum Gasteiger partial charge on any atom is -0.444 e. The molecule has 1 aliphatic rings. The zero-order valence-corrected chi connectivity index (χ0v) is 13.8. The topological polar surface area (TPSA) is 87.8 Å². The van der Waals surface area contributed by atoms with E-state index in [9.17, 15) is 9.90 Å². The number of aliphatic hydroxyl groups is 1. The number of carbonyl (C=O) groups is 1. The summed E-state index contributed by atoms with van der Waals surface area (Å²) in [6.45, 7) is 7.98. The van der Waals surface area contributed by atoms with E-state index >= 15 is 0 Å². The average Bonchev–Trinajstić information content (AvgIpc) is 2.37. The van der Waals surface area contributed by atoms with Crippen LogP contribution < -0.4 is 11.1 Å². The summed E-state index contributed by atoms with van der Waals surface area (Å²) >= 11 is 0. The van der Waals surface area contributed by atoms with E-state index in [1.807, 2.05) is 27.8 Å². The van der Waals surface area contributed by atoms with Crippen LogP contribution in [0.15, 0.2) is 0 Å². The number of likely N-dealkylation sites (N-methyl/N-ethyl adjacent to an activating group) is 1. The summed E-state index contributed by atoms with van der Waals surface area (Å²) in [5, 5.41) is 13.0. The molecule has 124 valence electrons. The van der Waals surface area contributed by atoms with Crippen molar-refractivity contribution in [2.24, 2.45) is 11.1 Å². The number of amides is 1. The van der Waals surface area contributed by atoms with E-state index in [1.165, 1.54) is 0 Å². The molecule has 0 bridgehead atoms. The molecule has 0 spiro atoms. The van der Waals surface area contributed by atoms with Crippen molar-refractivity contribution in [2.45, 2.75) is 51.7 Å². The highest BCUT2D eigenvalue weighted by Crippen LogP contribution is 2.35. The van der Waals surface area contributed by atoms with Crippen LogP contribution in [0.25, 0.3) is 0 Å². The largest absolute Gasteiger partial charge is 0.444 e. The molecular weight excluding hydrogens is 270 g/mol. The molecule has 6 heteroatoms. The molecule has 0 unspecified atom stereocenters. The number of aliphatic hydroxyl groups excluding tert-OH is 1. The number of carbonyl (C=O) groups excluding carboxylic acids is 1. The Balaban J connectivity index is 2.53. The van der Waals surface area contributed by atoms with Crippen LogP contribution in [-0.4, -0.2) is 61.0 Å². The van der Waals surface area contributed by atoms with E-state index < -0.39 is 11.7 Å². The van der Waals surface area contributed by atoms with Crippen LogP contribution in [0.2, 0.25) is 0 Å². The van der Waals surface area contributed by atoms with Crippen molar-refractivity contribution in [3.63, 3.8) is 0 Å². The third kappa shape index (κ3) is 5.80. The maximum absolute atomic E-state index is 12.1. The SMILES string of the molecule is CNC[C@@H](O)CC1(CN)CCN(C(=O)OC(C)(C)C)CC1. The Morgan fingerprint density at radius 2 is 2.00 bits per heavy atom. The van der Waals surface area contributed by atoms with Crippen molar-refractivity contribution in [1.29, 1.82) is 0 Å². The van der Waals surface area contributed by atoms with Gasteiger partial charge in [0.15, 0.2) is 0 Å². The molecule has 0 radical (unpaired) electrons. The first-order valence-electron chi connectivity index (χ1n) is 7.72. The second-order valence-electron chi connectivity index (χ2n) is 7.09. The number of hydrogen-bond acceptors (Lipinski definition) is 5. The zero-order valence-electron chi connectivity index (χ0n) is 13.8. The Hall–Kier alpha value is -0.850. The Morgan fingerprint density at radius 1 is 1.43 bits per heavy atom. The highest BCUT2D eigenvalue weighted by atomic mass is 16.6. The maximum Gasteiger partial charge on any atom is 0.410 e. The number of hydrogen-bond donors (Lipinski definition) is 3. The van der Waals surface area contributed by atoms with Crippen molar-refractivity contribution in [3.8, 4) is 0 Å². The van der Waals surface area contributed by atoms with Crippen LogP contribution in [0.1, 0.15) is 40.0 Å². The van der Waals surface area contributed by atoms with Gasteiger partial charge in [0, 0.05) is 19.6 Å². The highest BCUT2D eigenvalue weighted by Gasteiger charge is 2.37. The number of nitrogens with two attached hydrogens (primary N) is 1. The van der Waals surface area contributed by atoms with Gasteiger partial charge in [-0.25, -0.2) is 4.79 Å². The van der Waals surface area contributed by atoms with Crippen molar-refractivity contribution >= 4 is 6.09 Å². The lowest BCUT2D eigenvalue weighted by Gasteiger charge is -2.42. The maximum atomic E-state index is 12.1. The molecule has 21 heavy (non-hydrogen) atoms. The van der Waals surface area contributed by atoms with Crippen LogP contribution in [0.4, 0.5) is 4.79 Å². The van der Waals surface area contributed by atoms with Crippen molar-refractivity contribution in [1.82, 2.24) is 10.2 Å². The third-order valence-corrected chi connectivity index (χ3v) is 4.02. The molecule has 1 aliphatic heterocycles. The summed E-state index contributed by atoms with van der Waals surface area (Å²) in [4.78, 5) is 13.8. The van der Waals surface area contributed by atoms with Crippen molar-refractivity contribution < 1.29 is 14.6 Å². The van der Waals surface area contributed by atoms with Gasteiger partial charge in [-0.3, -0.25) is 0 Å². The summed E-state index contributed by atoms with van der Waals surface area (Å²) in [5.41, 5.74) is 5.40. The lowest BCUT2D eigenvalue weighted by molar-refractivity contribution is 0.00291. The van der Waals surface area contributed by atoms with E-state index in [4.69, 9.17) is 10.5 Å². The number of piperidine rings is 1. The Morgan fingerprint density at radius 3 is 2.43 bits per heavy atom. The first-order chi connectivity index (χ1) is 9.71. The summed E-state index contributed by atoms with van der Waals surface area (Å²) < 4.78 is 5.40. The molecule has 0 aromatic rings. The fourth-order valence-corrected chi connectivity index (χ4v) is 2.79. The Labute approximate surface area is 128 Å². The lowest BCUT2D eigenvalue weighted by Crippen LogP contribution is -2.49. The van der Waals surface area contributed by atoms with Gasteiger partial charge in [0.25, 0.3) is 0 Å². The second-order valence-corrected chi connectivity index (χ2v) is 7.09. The van der Waals surface area contributed by atoms with Crippen molar-refractivity contribution in [3.05, 3.63) is 0 Å². The van der Waals surface area contributed by atoms with Crippen LogP contribution in [0, 0.1) is 5.41 Å². The monoisotopic (exact) mass is 301 g/mol. The van der Waals surface area contributed by atoms with E-state index in [0.29, 0.717) is 32.6 Å². The Kier molecular flexibility index (Phi) is 6.43. The molecule has 1 atom stereocenters. The number of nitrogens with one attached hydrogen (secondary N) is 1. The van der Waals surface area contributed by atoms with Gasteiger partial charge >= 0.3 is 6.09 Å². The molecule has 1 rings (SSSR count). The van der Waals surface area contributed by atoms with Crippen LogP contribution >= 0.6 is 0 Å². The zero-order chi connectivity index (χ0) is 16.1. The van der Waals surface area contributed by atoms with E-state index in [0.717, 1.165) is 12.8 Å². The van der Waals surface area contributed by atoms with Gasteiger partial charge in [-0.2, -0.15) is 0 Å². The molecule has 1 fully saturated rings. The van der Waals surface area contributed by atoms with Gasteiger partial charge in [-0.1, -0.05) is 0 Å². The molecule has 4 N–H and O–H groups in total. The smallest absolute Gasteiger partial charge is 0.410 e. The number of likely N-dealkylation sites (tertiary alicyclic amines) is 1. The van der Waals surface area contributed by atoms with Crippen LogP contribution in [-0.2, 0) is 4.74 Å². The summed E-state index contributed by atoms with van der Waals surface area (Å²) in [6, 6.07) is 0. The minimum absolute atomic E-state index is 0.0746. The first-order valence-corrected chi connectivity index (χ1v) is 7.72. The molecule has 0 aliphatic carbocycles. The van der Waals surface area contributed by atoms with Gasteiger partial charge in [0.2, 0.25) is 0 Å². The fourth-order valence-electron chi connectivity index (χ4n) is 2.79. The number of nitrogens with zero attached hydrogens (tertiary/aromatic N) is 1. The first kappa shape index (κ1) is 18.2. The van der Waals surface area contributed by atoms with Crippen LogP contribution in [0.3, 0.4) is 0 Å². The lowest BCUT2D eigenvalue weighted by atomic mass is 9.74. The number of ether oxygens (including phenoxy) is 1. The average molecular weight is 301 g/mol. The minimum atomic E-state index is -0.470. The summed E-state index contributed by atoms with van der Waals surface area (Å²) in [6.07, 6.45) is 1.63. The quantitative estimate of drug-likeness (QED) is 0.703. The number of rotatable bonds is 5. The molecule has 6 nitrogen and oxygen atoms in total. The molecule has 1 heterocycles. The van der Waals surface area contributed by atoms with Gasteiger partial charge in [0.05, 0.1) is 6.10 Å². The van der Waals surface area contributed by atoms with E-state index in [-0.39, 0.29) is 11.5 Å². The van der Waals surface area contributed by atoms with Gasteiger partial charge in [-0.15, -0.1) is 0 Å². The third-order valence-electron chi connectivity index (χ3n) is 4.02. The standard InChI is InChI=1S/C15H31N3O3/c1-14(2,3)21-13(20)18-7-5-15(11-16,6-8-18)9-12(19)10-17-4/h12,17,19H,5-11,16H2,1-4H3/t12-/m0/s1. The van der Waals surface area contributed by atoms with Gasteiger partial charge in [-0.05, 0) is 59.0 Å². The van der Waals surface area contributed by atoms with Gasteiger partial charge in [0.1, 0.15) is 5.60 Å². The highest BCUT2D eigenvalue weighted by molar-refractivity contribution is 5.68. The predicted octanol–water partition coefficient (Wildman–Crippen LogP) is 0.933. The van der Waals surface area contributed by atoms with Gasteiger partial charge < -0.3 is 25.8 Å². The van der Waals surface area contributed by atoms with Crippen molar-refractivity contribution in [2.75, 3.05) is 33.2 Å². The summed E-state index contributed by atoms with van der Waals surface area (Å²) in [7, 11) is 1.82. The van der Waals surface area contributed by atoms with Crippen LogP contribution in [0.5, 0.6) is 0 Å². The molecule has 1 saturated heterocycles. The Bertz CT molecular complexity index is 334.